The van der Waals surface area contributed by atoms with Crippen LogP contribution in [-0.4, -0.2) is 33.4 Å². The summed E-state index contributed by atoms with van der Waals surface area (Å²) in [6.07, 6.45) is 1.98. The Balaban J connectivity index is 1.46. The number of imidazole rings is 1. The molecule has 0 bridgehead atoms. The minimum atomic E-state index is 0.0124. The number of hydrogen-bond acceptors (Lipinski definition) is 3. The Bertz CT molecular complexity index is 1020. The Morgan fingerprint density at radius 1 is 1.17 bits per heavy atom. The Kier molecular flexibility index (Phi) is 6.18. The summed E-state index contributed by atoms with van der Waals surface area (Å²) >= 11 is 0. The lowest BCUT2D eigenvalue weighted by Crippen LogP contribution is -2.40. The van der Waals surface area contributed by atoms with Gasteiger partial charge in [-0.05, 0) is 56.0 Å². The molecule has 1 amide bonds. The number of likely N-dealkylation sites (tertiary alicyclic amines) is 1. The average Bonchev–Trinajstić information content (AvgIpc) is 3.11. The zero-order chi connectivity index (χ0) is 21.1. The Morgan fingerprint density at radius 3 is 2.73 bits per heavy atom. The number of rotatable bonds is 6. The largest absolute Gasteiger partial charge is 0.327 e. The molecule has 1 aliphatic rings. The minimum absolute atomic E-state index is 0.0124. The van der Waals surface area contributed by atoms with Gasteiger partial charge >= 0.3 is 0 Å². The van der Waals surface area contributed by atoms with Crippen LogP contribution in [0.2, 0.25) is 0 Å². The number of nitrogens with one attached hydrogen (secondary N) is 1. The number of anilines is 1. The van der Waals surface area contributed by atoms with Crippen LogP contribution in [0.3, 0.4) is 0 Å². The fourth-order valence-electron chi connectivity index (χ4n) is 4.56. The smallest absolute Gasteiger partial charge is 0.228 e. The molecule has 1 fully saturated rings. The maximum absolute atomic E-state index is 13.0. The third kappa shape index (κ3) is 4.26. The van der Waals surface area contributed by atoms with Crippen LogP contribution in [0.1, 0.15) is 50.9 Å². The standard InChI is InChI=1S/C25H32N4O/c1-4-29-23-14-8-7-13-22(23)26-24(29)17-28-15-9-10-19(16-28)25(30)27-21-12-6-5-11-20(21)18(2)3/h5-8,11-14,18-19H,4,9-10,15-17H2,1-3H3,(H,27,30)/t19-/m0/s1. The van der Waals surface area contributed by atoms with Gasteiger partial charge in [0.1, 0.15) is 5.82 Å². The highest BCUT2D eigenvalue weighted by Gasteiger charge is 2.27. The first-order valence-electron chi connectivity index (χ1n) is 11.1. The molecule has 4 rings (SSSR count). The minimum Gasteiger partial charge on any atom is -0.327 e. The van der Waals surface area contributed by atoms with Gasteiger partial charge in [0.05, 0.1) is 23.5 Å². The van der Waals surface area contributed by atoms with Gasteiger partial charge in [0.2, 0.25) is 5.91 Å². The van der Waals surface area contributed by atoms with Crippen molar-refractivity contribution < 1.29 is 4.79 Å². The summed E-state index contributed by atoms with van der Waals surface area (Å²) in [7, 11) is 0. The van der Waals surface area contributed by atoms with Crippen molar-refractivity contribution in [1.29, 1.82) is 0 Å². The molecule has 0 aliphatic carbocycles. The fraction of sp³-hybridized carbons (Fsp3) is 0.440. The molecule has 1 saturated heterocycles. The Morgan fingerprint density at radius 2 is 1.93 bits per heavy atom. The molecule has 1 N–H and O–H groups in total. The molecular weight excluding hydrogens is 372 g/mol. The van der Waals surface area contributed by atoms with E-state index in [1.807, 2.05) is 24.3 Å². The van der Waals surface area contributed by atoms with E-state index in [1.165, 1.54) is 11.1 Å². The van der Waals surface area contributed by atoms with Gasteiger partial charge in [0.25, 0.3) is 0 Å². The molecule has 5 nitrogen and oxygen atoms in total. The van der Waals surface area contributed by atoms with Crippen molar-refractivity contribution in [2.45, 2.75) is 52.6 Å². The molecule has 0 radical (unpaired) electrons. The Hall–Kier alpha value is -2.66. The Labute approximate surface area is 179 Å². The quantitative estimate of drug-likeness (QED) is 0.627. The van der Waals surface area contributed by atoms with Crippen molar-refractivity contribution in [3.63, 3.8) is 0 Å². The van der Waals surface area contributed by atoms with Crippen LogP contribution in [-0.2, 0) is 17.9 Å². The van der Waals surface area contributed by atoms with E-state index in [-0.39, 0.29) is 11.8 Å². The molecule has 30 heavy (non-hydrogen) atoms. The summed E-state index contributed by atoms with van der Waals surface area (Å²) in [6.45, 7) is 9.97. The second-order valence-electron chi connectivity index (χ2n) is 8.57. The van der Waals surface area contributed by atoms with Crippen LogP contribution in [0.15, 0.2) is 48.5 Å². The van der Waals surface area contributed by atoms with Crippen molar-refractivity contribution in [2.24, 2.45) is 5.92 Å². The number of nitrogens with zero attached hydrogens (tertiary/aromatic N) is 3. The van der Waals surface area contributed by atoms with Crippen LogP contribution in [0.5, 0.6) is 0 Å². The number of carbonyl (C=O) groups excluding carboxylic acids is 1. The van der Waals surface area contributed by atoms with Gasteiger partial charge in [-0.2, -0.15) is 0 Å². The third-order valence-corrected chi connectivity index (χ3v) is 6.13. The first kappa shape index (κ1) is 20.6. The van der Waals surface area contributed by atoms with Crippen molar-refractivity contribution >= 4 is 22.6 Å². The van der Waals surface area contributed by atoms with E-state index in [4.69, 9.17) is 4.98 Å². The zero-order valence-corrected chi connectivity index (χ0v) is 18.3. The molecule has 2 heterocycles. The molecule has 0 saturated carbocycles. The molecule has 5 heteroatoms. The van der Waals surface area contributed by atoms with E-state index >= 15 is 0 Å². The first-order valence-corrected chi connectivity index (χ1v) is 11.1. The summed E-state index contributed by atoms with van der Waals surface area (Å²) in [5.41, 5.74) is 4.37. The van der Waals surface area contributed by atoms with Crippen molar-refractivity contribution in [1.82, 2.24) is 14.5 Å². The van der Waals surface area contributed by atoms with E-state index in [0.29, 0.717) is 5.92 Å². The van der Waals surface area contributed by atoms with Crippen LogP contribution < -0.4 is 5.32 Å². The van der Waals surface area contributed by atoms with Gasteiger partial charge in [-0.3, -0.25) is 9.69 Å². The number of hydrogen-bond donors (Lipinski definition) is 1. The SMILES string of the molecule is CCn1c(CN2CCC[C@H](C(=O)Nc3ccccc3C(C)C)C2)nc2ccccc21. The van der Waals surface area contributed by atoms with Crippen LogP contribution in [0.25, 0.3) is 11.0 Å². The lowest BCUT2D eigenvalue weighted by atomic mass is 9.96. The lowest BCUT2D eigenvalue weighted by Gasteiger charge is -2.32. The lowest BCUT2D eigenvalue weighted by molar-refractivity contribution is -0.121. The molecule has 1 aliphatic heterocycles. The van der Waals surface area contributed by atoms with E-state index in [2.05, 4.69) is 59.8 Å². The summed E-state index contributed by atoms with van der Waals surface area (Å²) in [6, 6.07) is 16.4. The summed E-state index contributed by atoms with van der Waals surface area (Å²) < 4.78 is 2.29. The number of amides is 1. The van der Waals surface area contributed by atoms with Crippen LogP contribution in [0, 0.1) is 5.92 Å². The first-order chi connectivity index (χ1) is 14.6. The molecule has 1 aromatic heterocycles. The maximum Gasteiger partial charge on any atom is 0.228 e. The van der Waals surface area contributed by atoms with E-state index in [9.17, 15) is 4.79 Å². The molecule has 0 unspecified atom stereocenters. The van der Waals surface area contributed by atoms with Gasteiger partial charge in [0.15, 0.2) is 0 Å². The highest BCUT2D eigenvalue weighted by atomic mass is 16.1. The zero-order valence-electron chi connectivity index (χ0n) is 18.3. The number of fused-ring (bicyclic) bond motifs is 1. The highest BCUT2D eigenvalue weighted by Crippen LogP contribution is 2.26. The molecule has 0 spiro atoms. The number of aryl methyl sites for hydroxylation is 1. The molecule has 158 valence electrons. The number of aromatic nitrogens is 2. The van der Waals surface area contributed by atoms with Crippen LogP contribution >= 0.6 is 0 Å². The number of piperidine rings is 1. The summed E-state index contributed by atoms with van der Waals surface area (Å²) in [4.78, 5) is 20.3. The van der Waals surface area contributed by atoms with Gasteiger partial charge < -0.3 is 9.88 Å². The molecule has 2 aromatic carbocycles. The third-order valence-electron chi connectivity index (χ3n) is 6.13. The van der Waals surface area contributed by atoms with Crippen molar-refractivity contribution in [3.8, 4) is 0 Å². The predicted octanol–water partition coefficient (Wildman–Crippen LogP) is 5.03. The molecule has 1 atom stereocenters. The van der Waals surface area contributed by atoms with Gasteiger partial charge in [-0.1, -0.05) is 44.2 Å². The second-order valence-corrected chi connectivity index (χ2v) is 8.57. The highest BCUT2D eigenvalue weighted by molar-refractivity contribution is 5.93. The second kappa shape index (κ2) is 9.00. The van der Waals surface area contributed by atoms with Crippen LogP contribution in [0.4, 0.5) is 5.69 Å². The maximum atomic E-state index is 13.0. The van der Waals surface area contributed by atoms with E-state index in [1.54, 1.807) is 0 Å². The normalized spacial score (nSPS) is 17.5. The summed E-state index contributed by atoms with van der Waals surface area (Å²) in [5, 5.41) is 3.20. The van der Waals surface area contributed by atoms with Gasteiger partial charge in [-0.15, -0.1) is 0 Å². The molecular formula is C25H32N4O. The van der Waals surface area contributed by atoms with Crippen molar-refractivity contribution in [3.05, 3.63) is 59.9 Å². The predicted molar refractivity (Wildman–Crippen MR) is 123 cm³/mol. The molecule has 3 aromatic rings. The van der Waals surface area contributed by atoms with Crippen molar-refractivity contribution in [2.75, 3.05) is 18.4 Å². The number of para-hydroxylation sites is 3. The van der Waals surface area contributed by atoms with Gasteiger partial charge in [0, 0.05) is 18.8 Å². The van der Waals surface area contributed by atoms with E-state index < -0.39 is 0 Å². The van der Waals surface area contributed by atoms with Gasteiger partial charge in [-0.25, -0.2) is 4.98 Å². The van der Waals surface area contributed by atoms with E-state index in [0.717, 1.165) is 56.0 Å². The number of benzene rings is 2. The monoisotopic (exact) mass is 404 g/mol. The average molecular weight is 405 g/mol. The fourth-order valence-corrected chi connectivity index (χ4v) is 4.56. The topological polar surface area (TPSA) is 50.2 Å². The summed E-state index contributed by atoms with van der Waals surface area (Å²) in [5.74, 6) is 1.62. The number of carbonyl (C=O) groups is 1.